The Hall–Kier alpha value is -2.42. The van der Waals surface area contributed by atoms with Gasteiger partial charge in [0.25, 0.3) is 0 Å². The lowest BCUT2D eigenvalue weighted by Crippen LogP contribution is -2.11. The van der Waals surface area contributed by atoms with E-state index in [1.807, 2.05) is 0 Å². The predicted molar refractivity (Wildman–Crippen MR) is 167 cm³/mol. The average Bonchev–Trinajstić information content (AvgIpc) is 2.81. The average molecular weight is 598 g/mol. The summed E-state index contributed by atoms with van der Waals surface area (Å²) in [5.41, 5.74) is 2.86. The van der Waals surface area contributed by atoms with E-state index in [1.165, 1.54) is 65.0 Å². The van der Waals surface area contributed by atoms with Gasteiger partial charge in [0.15, 0.2) is 0 Å². The summed E-state index contributed by atoms with van der Waals surface area (Å²) in [4.78, 5) is 0. The third kappa shape index (κ3) is 3.68. The fourth-order valence-electron chi connectivity index (χ4n) is 5.65. The molecule has 0 bridgehead atoms. The van der Waals surface area contributed by atoms with Gasteiger partial charge in [-0.25, -0.2) is 0 Å². The van der Waals surface area contributed by atoms with Crippen LogP contribution >= 0.6 is 31.9 Å². The second-order valence-corrected chi connectivity index (χ2v) is 14.0. The zero-order chi connectivity index (χ0) is 25.6. The third-order valence-corrected chi connectivity index (χ3v) is 8.63. The Labute approximate surface area is 229 Å². The number of hydrogen-bond donors (Lipinski definition) is 0. The number of hydrogen-bond acceptors (Lipinski definition) is 0. The van der Waals surface area contributed by atoms with Crippen molar-refractivity contribution in [2.75, 3.05) is 0 Å². The molecule has 0 spiro atoms. The van der Waals surface area contributed by atoms with Crippen LogP contribution in [0.25, 0.3) is 53.9 Å². The smallest absolute Gasteiger partial charge is 0.0181 e. The number of rotatable bonds is 0. The van der Waals surface area contributed by atoms with Crippen LogP contribution in [0.5, 0.6) is 0 Å². The summed E-state index contributed by atoms with van der Waals surface area (Å²) < 4.78 is 2.22. The Morgan fingerprint density at radius 2 is 0.694 bits per heavy atom. The molecule has 0 N–H and O–H groups in total. The maximum absolute atomic E-state index is 3.78. The first kappa shape index (κ1) is 23.9. The lowest BCUT2D eigenvalue weighted by Gasteiger charge is -2.23. The largest absolute Gasteiger partial charge is 0.0578 e. The number of halogens is 2. The van der Waals surface area contributed by atoms with E-state index in [0.717, 1.165) is 8.95 Å². The van der Waals surface area contributed by atoms with E-state index >= 15 is 0 Å². The van der Waals surface area contributed by atoms with Gasteiger partial charge in [-0.3, -0.25) is 0 Å². The molecule has 0 aliphatic carbocycles. The second kappa shape index (κ2) is 8.04. The molecule has 0 radical (unpaired) electrons. The summed E-state index contributed by atoms with van der Waals surface area (Å²) in [6.07, 6.45) is 0. The molecule has 0 heterocycles. The Morgan fingerprint density at radius 1 is 0.389 bits per heavy atom. The predicted octanol–water partition coefficient (Wildman–Crippen LogP) is 11.6. The number of benzene rings is 6. The highest BCUT2D eigenvalue weighted by atomic mass is 79.9. The monoisotopic (exact) mass is 596 g/mol. The van der Waals surface area contributed by atoms with Crippen molar-refractivity contribution in [2.24, 2.45) is 0 Å². The number of fused-ring (bicyclic) bond motifs is 11. The quantitative estimate of drug-likeness (QED) is 0.153. The lowest BCUT2D eigenvalue weighted by atomic mass is 9.80. The molecule has 0 amide bonds. The molecule has 0 saturated carbocycles. The molecule has 0 atom stereocenters. The summed E-state index contributed by atoms with van der Waals surface area (Å²) >= 11 is 7.57. The fraction of sp³-hybridized carbons (Fsp3) is 0.235. The van der Waals surface area contributed by atoms with Gasteiger partial charge < -0.3 is 0 Å². The van der Waals surface area contributed by atoms with Crippen molar-refractivity contribution in [3.63, 3.8) is 0 Å². The van der Waals surface area contributed by atoms with Crippen molar-refractivity contribution in [1.29, 1.82) is 0 Å². The highest BCUT2D eigenvalue weighted by Crippen LogP contribution is 2.46. The van der Waals surface area contributed by atoms with E-state index in [4.69, 9.17) is 0 Å². The normalized spacial score (nSPS) is 13.0. The van der Waals surface area contributed by atoms with Crippen molar-refractivity contribution in [3.05, 3.63) is 92.9 Å². The molecule has 0 unspecified atom stereocenters. The molecule has 0 aliphatic rings. The van der Waals surface area contributed by atoms with Crippen LogP contribution in [-0.4, -0.2) is 0 Å². The Morgan fingerprint density at radius 3 is 1.03 bits per heavy atom. The molecule has 6 rings (SSSR count). The highest BCUT2D eigenvalue weighted by molar-refractivity contribution is 9.10. The minimum atomic E-state index is 0.0713. The van der Waals surface area contributed by atoms with Crippen molar-refractivity contribution in [2.45, 2.75) is 52.4 Å². The fourth-order valence-corrected chi connectivity index (χ4v) is 6.37. The van der Waals surface area contributed by atoms with Gasteiger partial charge in [0, 0.05) is 8.95 Å². The van der Waals surface area contributed by atoms with Crippen LogP contribution in [0.15, 0.2) is 81.7 Å². The molecule has 6 aromatic rings. The summed E-state index contributed by atoms with van der Waals surface area (Å²) in [6, 6.07) is 27.7. The first-order chi connectivity index (χ1) is 16.9. The van der Waals surface area contributed by atoms with Crippen LogP contribution < -0.4 is 0 Å². The molecule has 0 nitrogen and oxygen atoms in total. The Bertz CT molecular complexity index is 1720. The first-order valence-corrected chi connectivity index (χ1v) is 14.2. The molecule has 0 saturated heterocycles. The van der Waals surface area contributed by atoms with Crippen LogP contribution in [0.2, 0.25) is 0 Å². The second-order valence-electron chi connectivity index (χ2n) is 12.2. The van der Waals surface area contributed by atoms with E-state index < -0.39 is 0 Å². The SMILES string of the molecule is CC(C)(C)c1ccc2c3ccc(C(C)(C)C)cc3c3c4cc(Br)ccc4c4ccc(Br)cc4c3c2c1. The van der Waals surface area contributed by atoms with Gasteiger partial charge in [-0.05, 0) is 112 Å². The minimum Gasteiger partial charge on any atom is -0.0578 e. The zero-order valence-electron chi connectivity index (χ0n) is 21.7. The van der Waals surface area contributed by atoms with Gasteiger partial charge in [-0.2, -0.15) is 0 Å². The van der Waals surface area contributed by atoms with Crippen LogP contribution in [-0.2, 0) is 10.8 Å². The summed E-state index contributed by atoms with van der Waals surface area (Å²) in [7, 11) is 0. The topological polar surface area (TPSA) is 0 Å². The molecule has 6 aromatic carbocycles. The van der Waals surface area contributed by atoms with Crippen molar-refractivity contribution < 1.29 is 0 Å². The van der Waals surface area contributed by atoms with Gasteiger partial charge in [0.1, 0.15) is 0 Å². The summed E-state index contributed by atoms with van der Waals surface area (Å²) in [6.45, 7) is 13.8. The molecular formula is C34H30Br2. The standard InChI is InChI=1S/C34H30Br2/c1-33(2,3)19-7-11-23-24-12-8-20(34(4,5)6)16-28(24)32-30-18-22(36)10-14-26(30)25-13-9-21(35)17-29(25)31(32)27(23)15-19/h7-18H,1-6H3. The maximum Gasteiger partial charge on any atom is 0.0181 e. The zero-order valence-corrected chi connectivity index (χ0v) is 24.9. The molecule has 2 heteroatoms. The third-order valence-electron chi connectivity index (χ3n) is 7.64. The van der Waals surface area contributed by atoms with Gasteiger partial charge in [-0.15, -0.1) is 0 Å². The molecule has 36 heavy (non-hydrogen) atoms. The van der Waals surface area contributed by atoms with Gasteiger partial charge in [-0.1, -0.05) is 110 Å². The van der Waals surface area contributed by atoms with E-state index in [1.54, 1.807) is 0 Å². The molecule has 0 fully saturated rings. The first-order valence-electron chi connectivity index (χ1n) is 12.6. The lowest BCUT2D eigenvalue weighted by molar-refractivity contribution is 0.591. The van der Waals surface area contributed by atoms with Crippen molar-refractivity contribution in [1.82, 2.24) is 0 Å². The van der Waals surface area contributed by atoms with Crippen molar-refractivity contribution >= 4 is 85.7 Å². The van der Waals surface area contributed by atoms with Crippen LogP contribution in [0, 0.1) is 0 Å². The Kier molecular flexibility index (Phi) is 5.35. The van der Waals surface area contributed by atoms with Gasteiger partial charge >= 0.3 is 0 Å². The van der Waals surface area contributed by atoms with E-state index in [2.05, 4.69) is 146 Å². The van der Waals surface area contributed by atoms with E-state index in [9.17, 15) is 0 Å². The summed E-state index contributed by atoms with van der Waals surface area (Å²) in [5, 5.41) is 13.2. The Balaban J connectivity index is 2.02. The maximum atomic E-state index is 3.78. The van der Waals surface area contributed by atoms with Crippen LogP contribution in [0.1, 0.15) is 52.7 Å². The van der Waals surface area contributed by atoms with Gasteiger partial charge in [0.05, 0.1) is 0 Å². The summed E-state index contributed by atoms with van der Waals surface area (Å²) in [5.74, 6) is 0. The minimum absolute atomic E-state index is 0.0713. The van der Waals surface area contributed by atoms with E-state index in [-0.39, 0.29) is 10.8 Å². The molecular weight excluding hydrogens is 568 g/mol. The van der Waals surface area contributed by atoms with E-state index in [0.29, 0.717) is 0 Å². The highest BCUT2D eigenvalue weighted by Gasteiger charge is 2.21. The van der Waals surface area contributed by atoms with Crippen molar-refractivity contribution in [3.8, 4) is 0 Å². The molecule has 0 aliphatic heterocycles. The van der Waals surface area contributed by atoms with Crippen LogP contribution in [0.4, 0.5) is 0 Å². The molecule has 0 aromatic heterocycles. The molecule has 180 valence electrons. The van der Waals surface area contributed by atoms with Crippen LogP contribution in [0.3, 0.4) is 0 Å². The van der Waals surface area contributed by atoms with Gasteiger partial charge in [0.2, 0.25) is 0 Å².